The van der Waals surface area contributed by atoms with Crippen LogP contribution in [-0.2, 0) is 13.1 Å². The average molecular weight is 246 g/mol. The average Bonchev–Trinajstić information content (AvgIpc) is 2.80. The lowest BCUT2D eigenvalue weighted by Gasteiger charge is -2.18. The fourth-order valence-corrected chi connectivity index (χ4v) is 2.95. The summed E-state index contributed by atoms with van der Waals surface area (Å²) in [5, 5.41) is 0. The Morgan fingerprint density at radius 1 is 1.17 bits per heavy atom. The van der Waals surface area contributed by atoms with Crippen molar-refractivity contribution in [2.24, 2.45) is 11.7 Å². The van der Waals surface area contributed by atoms with E-state index in [4.69, 9.17) is 5.73 Å². The maximum absolute atomic E-state index is 5.65. The van der Waals surface area contributed by atoms with Crippen molar-refractivity contribution in [1.82, 2.24) is 4.90 Å². The SMILES string of the molecule is CCC(CCN)CCCN1Cc2ccccc2C1. The molecule has 1 heterocycles. The van der Waals surface area contributed by atoms with E-state index in [2.05, 4.69) is 36.1 Å². The molecular weight excluding hydrogens is 220 g/mol. The maximum Gasteiger partial charge on any atom is 0.0240 e. The van der Waals surface area contributed by atoms with Crippen LogP contribution in [-0.4, -0.2) is 18.0 Å². The number of nitrogens with two attached hydrogens (primary N) is 1. The van der Waals surface area contributed by atoms with Crippen LogP contribution < -0.4 is 5.73 Å². The molecule has 2 heteroatoms. The Bertz CT molecular complexity index is 337. The molecule has 18 heavy (non-hydrogen) atoms. The van der Waals surface area contributed by atoms with Crippen LogP contribution in [0.25, 0.3) is 0 Å². The zero-order valence-electron chi connectivity index (χ0n) is 11.6. The van der Waals surface area contributed by atoms with E-state index in [1.165, 1.54) is 43.4 Å². The number of fused-ring (bicyclic) bond motifs is 1. The highest BCUT2D eigenvalue weighted by molar-refractivity contribution is 5.30. The third-order valence-electron chi connectivity index (χ3n) is 4.15. The normalized spacial score (nSPS) is 16.8. The Morgan fingerprint density at radius 2 is 1.83 bits per heavy atom. The standard InChI is InChI=1S/C16H26N2/c1-2-14(9-10-17)6-5-11-18-12-15-7-3-4-8-16(15)13-18/h3-4,7-8,14H,2,5-6,9-13,17H2,1H3. The first-order valence-electron chi connectivity index (χ1n) is 7.32. The molecule has 0 aromatic heterocycles. The van der Waals surface area contributed by atoms with E-state index in [9.17, 15) is 0 Å². The summed E-state index contributed by atoms with van der Waals surface area (Å²) >= 11 is 0. The smallest absolute Gasteiger partial charge is 0.0240 e. The summed E-state index contributed by atoms with van der Waals surface area (Å²) in [6.07, 6.45) is 5.11. The van der Waals surface area contributed by atoms with Crippen molar-refractivity contribution >= 4 is 0 Å². The Hall–Kier alpha value is -0.860. The van der Waals surface area contributed by atoms with Gasteiger partial charge in [-0.05, 0) is 49.4 Å². The van der Waals surface area contributed by atoms with E-state index >= 15 is 0 Å². The van der Waals surface area contributed by atoms with E-state index in [-0.39, 0.29) is 0 Å². The Morgan fingerprint density at radius 3 is 2.39 bits per heavy atom. The van der Waals surface area contributed by atoms with Gasteiger partial charge in [-0.15, -0.1) is 0 Å². The molecule has 0 spiro atoms. The highest BCUT2D eigenvalue weighted by Gasteiger charge is 2.17. The lowest BCUT2D eigenvalue weighted by atomic mass is 9.96. The predicted octanol–water partition coefficient (Wildman–Crippen LogP) is 3.16. The Kier molecular flexibility index (Phi) is 5.21. The van der Waals surface area contributed by atoms with Crippen molar-refractivity contribution in [3.05, 3.63) is 35.4 Å². The van der Waals surface area contributed by atoms with Gasteiger partial charge in [0.15, 0.2) is 0 Å². The molecule has 1 aliphatic heterocycles. The van der Waals surface area contributed by atoms with Crippen LogP contribution in [0.3, 0.4) is 0 Å². The van der Waals surface area contributed by atoms with Gasteiger partial charge in [-0.2, -0.15) is 0 Å². The molecule has 1 atom stereocenters. The number of hydrogen-bond donors (Lipinski definition) is 1. The van der Waals surface area contributed by atoms with Crippen LogP contribution in [0.4, 0.5) is 0 Å². The molecule has 1 unspecified atom stereocenters. The summed E-state index contributed by atoms with van der Waals surface area (Å²) in [7, 11) is 0. The van der Waals surface area contributed by atoms with Crippen LogP contribution >= 0.6 is 0 Å². The van der Waals surface area contributed by atoms with Gasteiger partial charge in [0.2, 0.25) is 0 Å². The van der Waals surface area contributed by atoms with E-state index < -0.39 is 0 Å². The topological polar surface area (TPSA) is 29.3 Å². The first-order valence-corrected chi connectivity index (χ1v) is 7.32. The van der Waals surface area contributed by atoms with Crippen LogP contribution in [0.15, 0.2) is 24.3 Å². The maximum atomic E-state index is 5.65. The molecule has 0 bridgehead atoms. The third kappa shape index (κ3) is 3.56. The predicted molar refractivity (Wildman–Crippen MR) is 77.2 cm³/mol. The van der Waals surface area contributed by atoms with Crippen LogP contribution in [0.2, 0.25) is 0 Å². The highest BCUT2D eigenvalue weighted by atomic mass is 15.1. The lowest BCUT2D eigenvalue weighted by Crippen LogP contribution is -2.19. The number of rotatable bonds is 7. The first-order chi connectivity index (χ1) is 8.83. The van der Waals surface area contributed by atoms with E-state index in [0.29, 0.717) is 0 Å². The van der Waals surface area contributed by atoms with Gasteiger partial charge in [-0.1, -0.05) is 37.6 Å². The van der Waals surface area contributed by atoms with Crippen molar-refractivity contribution in [1.29, 1.82) is 0 Å². The molecule has 2 nitrogen and oxygen atoms in total. The van der Waals surface area contributed by atoms with Crippen molar-refractivity contribution in [3.8, 4) is 0 Å². The number of nitrogens with zero attached hydrogens (tertiary/aromatic N) is 1. The molecule has 0 amide bonds. The second kappa shape index (κ2) is 6.91. The van der Waals surface area contributed by atoms with Gasteiger partial charge in [-0.3, -0.25) is 4.90 Å². The summed E-state index contributed by atoms with van der Waals surface area (Å²) in [5.41, 5.74) is 8.69. The second-order valence-corrected chi connectivity index (χ2v) is 5.47. The van der Waals surface area contributed by atoms with Crippen LogP contribution in [0, 0.1) is 5.92 Å². The number of benzene rings is 1. The largest absolute Gasteiger partial charge is 0.330 e. The minimum absolute atomic E-state index is 0.833. The molecule has 0 saturated heterocycles. The number of hydrogen-bond acceptors (Lipinski definition) is 2. The van der Waals surface area contributed by atoms with Crippen molar-refractivity contribution in [2.45, 2.75) is 45.7 Å². The summed E-state index contributed by atoms with van der Waals surface area (Å²) in [6, 6.07) is 8.82. The molecule has 0 saturated carbocycles. The molecule has 0 fully saturated rings. The van der Waals surface area contributed by atoms with Crippen LogP contribution in [0.1, 0.15) is 43.7 Å². The van der Waals surface area contributed by atoms with Crippen molar-refractivity contribution in [3.63, 3.8) is 0 Å². The van der Waals surface area contributed by atoms with Gasteiger partial charge in [0.1, 0.15) is 0 Å². The second-order valence-electron chi connectivity index (χ2n) is 5.47. The quantitative estimate of drug-likeness (QED) is 0.800. The summed E-state index contributed by atoms with van der Waals surface area (Å²) in [6.45, 7) is 6.64. The minimum atomic E-state index is 0.833. The lowest BCUT2D eigenvalue weighted by molar-refractivity contribution is 0.265. The van der Waals surface area contributed by atoms with E-state index in [1.54, 1.807) is 0 Å². The fraction of sp³-hybridized carbons (Fsp3) is 0.625. The molecule has 2 N–H and O–H groups in total. The molecule has 1 aromatic rings. The van der Waals surface area contributed by atoms with Gasteiger partial charge >= 0.3 is 0 Å². The molecule has 100 valence electrons. The van der Waals surface area contributed by atoms with E-state index in [1.807, 2.05) is 0 Å². The first kappa shape index (κ1) is 13.6. The molecule has 0 radical (unpaired) electrons. The molecule has 2 rings (SSSR count). The van der Waals surface area contributed by atoms with Crippen molar-refractivity contribution in [2.75, 3.05) is 13.1 Å². The van der Waals surface area contributed by atoms with Gasteiger partial charge in [0.05, 0.1) is 0 Å². The Balaban J connectivity index is 1.70. The zero-order valence-corrected chi connectivity index (χ0v) is 11.6. The van der Waals surface area contributed by atoms with E-state index in [0.717, 1.165) is 25.6 Å². The Labute approximate surface area is 111 Å². The highest BCUT2D eigenvalue weighted by Crippen LogP contribution is 2.23. The summed E-state index contributed by atoms with van der Waals surface area (Å²) in [4.78, 5) is 2.57. The van der Waals surface area contributed by atoms with Gasteiger partial charge < -0.3 is 5.73 Å². The monoisotopic (exact) mass is 246 g/mol. The summed E-state index contributed by atoms with van der Waals surface area (Å²) < 4.78 is 0. The van der Waals surface area contributed by atoms with Gasteiger partial charge in [-0.25, -0.2) is 0 Å². The van der Waals surface area contributed by atoms with Gasteiger partial charge in [0, 0.05) is 13.1 Å². The molecule has 1 aromatic carbocycles. The molecule has 0 aliphatic carbocycles. The minimum Gasteiger partial charge on any atom is -0.330 e. The van der Waals surface area contributed by atoms with Crippen LogP contribution in [0.5, 0.6) is 0 Å². The van der Waals surface area contributed by atoms with Crippen molar-refractivity contribution < 1.29 is 0 Å². The van der Waals surface area contributed by atoms with Gasteiger partial charge in [0.25, 0.3) is 0 Å². The zero-order chi connectivity index (χ0) is 12.8. The third-order valence-corrected chi connectivity index (χ3v) is 4.15. The molecule has 1 aliphatic rings. The summed E-state index contributed by atoms with van der Waals surface area (Å²) in [5.74, 6) is 0.833. The molecular formula is C16H26N2. The fourth-order valence-electron chi connectivity index (χ4n) is 2.95.